The highest BCUT2D eigenvalue weighted by atomic mass is 16.5. The van der Waals surface area contributed by atoms with E-state index in [-0.39, 0.29) is 19.1 Å². The number of carbonyl (C=O) groups excluding carboxylic acids is 1. The van der Waals surface area contributed by atoms with Gasteiger partial charge in [-0.3, -0.25) is 4.79 Å². The second kappa shape index (κ2) is 7.81. The number of nitrogens with zero attached hydrogens (tertiary/aromatic N) is 1. The van der Waals surface area contributed by atoms with Crippen molar-refractivity contribution in [1.82, 2.24) is 5.32 Å². The van der Waals surface area contributed by atoms with Crippen LogP contribution in [0.4, 0.5) is 0 Å². The molecule has 0 aliphatic carbocycles. The van der Waals surface area contributed by atoms with Crippen molar-refractivity contribution in [3.63, 3.8) is 0 Å². The maximum atomic E-state index is 11.7. The van der Waals surface area contributed by atoms with E-state index in [1.165, 1.54) is 0 Å². The van der Waals surface area contributed by atoms with Crippen LogP contribution in [0.1, 0.15) is 16.7 Å². The topological polar surface area (TPSA) is 82.3 Å². The molecule has 0 saturated carbocycles. The Balaban J connectivity index is 1.79. The van der Waals surface area contributed by atoms with Crippen molar-refractivity contribution in [2.75, 3.05) is 6.61 Å². The molecule has 0 aromatic heterocycles. The molecule has 0 heterocycles. The van der Waals surface area contributed by atoms with E-state index in [1.54, 1.807) is 24.3 Å². The molecular formula is C17H16N2O3. The summed E-state index contributed by atoms with van der Waals surface area (Å²) in [5.74, 6) is 0.301. The molecule has 0 aliphatic heterocycles. The Bertz CT molecular complexity index is 675. The van der Waals surface area contributed by atoms with Crippen LogP contribution in [0.2, 0.25) is 0 Å². The lowest BCUT2D eigenvalue weighted by Crippen LogP contribution is -2.28. The third-order valence-electron chi connectivity index (χ3n) is 3.02. The van der Waals surface area contributed by atoms with Gasteiger partial charge in [0.25, 0.3) is 5.91 Å². The van der Waals surface area contributed by atoms with Gasteiger partial charge in [0.05, 0.1) is 18.2 Å². The lowest BCUT2D eigenvalue weighted by Gasteiger charge is -2.08. The number of aliphatic hydroxyl groups is 1. The summed E-state index contributed by atoms with van der Waals surface area (Å²) in [7, 11) is 0. The van der Waals surface area contributed by atoms with Crippen LogP contribution in [-0.2, 0) is 17.9 Å². The van der Waals surface area contributed by atoms with Crippen molar-refractivity contribution in [1.29, 1.82) is 5.26 Å². The van der Waals surface area contributed by atoms with Crippen LogP contribution in [0.3, 0.4) is 0 Å². The van der Waals surface area contributed by atoms with Crippen LogP contribution in [0.15, 0.2) is 48.5 Å². The minimum Gasteiger partial charge on any atom is -0.484 e. The number of nitriles is 1. The first-order valence-electron chi connectivity index (χ1n) is 6.79. The first-order valence-corrected chi connectivity index (χ1v) is 6.79. The Morgan fingerprint density at radius 3 is 2.59 bits per heavy atom. The summed E-state index contributed by atoms with van der Waals surface area (Å²) in [4.78, 5) is 11.7. The summed E-state index contributed by atoms with van der Waals surface area (Å²) in [6, 6.07) is 15.9. The molecular weight excluding hydrogens is 280 g/mol. The van der Waals surface area contributed by atoms with Crippen LogP contribution in [0.25, 0.3) is 0 Å². The van der Waals surface area contributed by atoms with Gasteiger partial charge in [-0.05, 0) is 35.4 Å². The normalized spacial score (nSPS) is 9.82. The zero-order valence-electron chi connectivity index (χ0n) is 12.0. The lowest BCUT2D eigenvalue weighted by molar-refractivity contribution is -0.123. The van der Waals surface area contributed by atoms with E-state index in [2.05, 4.69) is 5.32 Å². The second-order valence-electron chi connectivity index (χ2n) is 4.68. The zero-order chi connectivity index (χ0) is 15.8. The summed E-state index contributed by atoms with van der Waals surface area (Å²) >= 11 is 0. The standard InChI is InChI=1S/C17H16N2O3/c18-9-13-4-6-16(7-5-13)22-12-17(21)19-10-14-2-1-3-15(8-14)11-20/h1-8,20H,10-12H2,(H,19,21). The smallest absolute Gasteiger partial charge is 0.258 e. The van der Waals surface area contributed by atoms with Crippen molar-refractivity contribution < 1.29 is 14.6 Å². The molecule has 0 aliphatic rings. The number of hydrogen-bond donors (Lipinski definition) is 2. The maximum absolute atomic E-state index is 11.7. The van der Waals surface area contributed by atoms with E-state index in [1.807, 2.05) is 30.3 Å². The number of ether oxygens (including phenoxy) is 1. The summed E-state index contributed by atoms with van der Waals surface area (Å²) in [6.07, 6.45) is 0. The number of aliphatic hydroxyl groups excluding tert-OH is 1. The third kappa shape index (κ3) is 4.62. The Morgan fingerprint density at radius 1 is 1.18 bits per heavy atom. The Morgan fingerprint density at radius 2 is 1.91 bits per heavy atom. The number of amides is 1. The minimum absolute atomic E-state index is 0.0242. The molecule has 1 amide bonds. The molecule has 2 aromatic carbocycles. The fourth-order valence-corrected chi connectivity index (χ4v) is 1.86. The van der Waals surface area contributed by atoms with Crippen molar-refractivity contribution in [2.24, 2.45) is 0 Å². The predicted octanol–water partition coefficient (Wildman–Crippen LogP) is 1.75. The molecule has 5 nitrogen and oxygen atoms in total. The molecule has 0 atom stereocenters. The first kappa shape index (κ1) is 15.5. The number of nitrogens with one attached hydrogen (secondary N) is 1. The Kier molecular flexibility index (Phi) is 5.52. The van der Waals surface area contributed by atoms with Gasteiger partial charge in [0.2, 0.25) is 0 Å². The monoisotopic (exact) mass is 296 g/mol. The Hall–Kier alpha value is -2.84. The fourth-order valence-electron chi connectivity index (χ4n) is 1.86. The summed E-state index contributed by atoms with van der Waals surface area (Å²) in [5, 5.41) is 20.5. The van der Waals surface area contributed by atoms with Crippen LogP contribution >= 0.6 is 0 Å². The van der Waals surface area contributed by atoms with E-state index in [9.17, 15) is 4.79 Å². The molecule has 0 spiro atoms. The van der Waals surface area contributed by atoms with Gasteiger partial charge in [0.1, 0.15) is 5.75 Å². The quantitative estimate of drug-likeness (QED) is 0.850. The van der Waals surface area contributed by atoms with Crippen molar-refractivity contribution in [3.8, 4) is 11.8 Å². The van der Waals surface area contributed by atoms with Crippen LogP contribution in [0.5, 0.6) is 5.75 Å². The largest absolute Gasteiger partial charge is 0.484 e. The zero-order valence-corrected chi connectivity index (χ0v) is 12.0. The van der Waals surface area contributed by atoms with Gasteiger partial charge >= 0.3 is 0 Å². The lowest BCUT2D eigenvalue weighted by atomic mass is 10.1. The van der Waals surface area contributed by atoms with Crippen LogP contribution in [-0.4, -0.2) is 17.6 Å². The van der Waals surface area contributed by atoms with Gasteiger partial charge in [-0.2, -0.15) is 5.26 Å². The molecule has 0 radical (unpaired) electrons. The number of carbonyl (C=O) groups is 1. The van der Waals surface area contributed by atoms with E-state index in [0.717, 1.165) is 11.1 Å². The van der Waals surface area contributed by atoms with Crippen molar-refractivity contribution in [2.45, 2.75) is 13.2 Å². The molecule has 2 rings (SSSR count). The molecule has 5 heteroatoms. The van der Waals surface area contributed by atoms with Gasteiger partial charge in [0, 0.05) is 6.54 Å². The predicted molar refractivity (Wildman–Crippen MR) is 80.9 cm³/mol. The molecule has 22 heavy (non-hydrogen) atoms. The fraction of sp³-hybridized carbons (Fsp3) is 0.176. The van der Waals surface area contributed by atoms with E-state index < -0.39 is 0 Å². The number of hydrogen-bond acceptors (Lipinski definition) is 4. The van der Waals surface area contributed by atoms with Gasteiger partial charge in [0.15, 0.2) is 6.61 Å². The van der Waals surface area contributed by atoms with Gasteiger partial charge in [-0.1, -0.05) is 24.3 Å². The summed E-state index contributed by atoms with van der Waals surface area (Å²) in [6.45, 7) is 0.262. The van der Waals surface area contributed by atoms with E-state index >= 15 is 0 Å². The summed E-state index contributed by atoms with van der Waals surface area (Å²) in [5.41, 5.74) is 2.26. The van der Waals surface area contributed by atoms with Gasteiger partial charge < -0.3 is 15.2 Å². The average Bonchev–Trinajstić information content (AvgIpc) is 2.58. The number of benzene rings is 2. The highest BCUT2D eigenvalue weighted by Crippen LogP contribution is 2.11. The minimum atomic E-state index is -0.237. The molecule has 0 fully saturated rings. The molecule has 0 unspecified atom stereocenters. The van der Waals surface area contributed by atoms with E-state index in [0.29, 0.717) is 17.9 Å². The van der Waals surface area contributed by atoms with Crippen molar-refractivity contribution in [3.05, 3.63) is 65.2 Å². The Labute approximate surface area is 128 Å². The molecule has 112 valence electrons. The van der Waals surface area contributed by atoms with Crippen LogP contribution in [0, 0.1) is 11.3 Å². The molecule has 2 N–H and O–H groups in total. The first-order chi connectivity index (χ1) is 10.7. The highest BCUT2D eigenvalue weighted by Gasteiger charge is 2.03. The highest BCUT2D eigenvalue weighted by molar-refractivity contribution is 5.77. The SMILES string of the molecule is N#Cc1ccc(OCC(=O)NCc2cccc(CO)c2)cc1. The second-order valence-corrected chi connectivity index (χ2v) is 4.68. The average molecular weight is 296 g/mol. The van der Waals surface area contributed by atoms with Crippen LogP contribution < -0.4 is 10.1 Å². The number of rotatable bonds is 6. The summed E-state index contributed by atoms with van der Waals surface area (Å²) < 4.78 is 5.34. The molecule has 0 saturated heterocycles. The van der Waals surface area contributed by atoms with Crippen molar-refractivity contribution >= 4 is 5.91 Å². The molecule has 0 bridgehead atoms. The van der Waals surface area contributed by atoms with Gasteiger partial charge in [-0.25, -0.2) is 0 Å². The molecule has 2 aromatic rings. The third-order valence-corrected chi connectivity index (χ3v) is 3.02. The maximum Gasteiger partial charge on any atom is 0.258 e. The van der Waals surface area contributed by atoms with Gasteiger partial charge in [-0.15, -0.1) is 0 Å². The van der Waals surface area contributed by atoms with E-state index in [4.69, 9.17) is 15.1 Å².